The molecule has 1 aromatic heterocycles. The molecule has 1 atom stereocenters. The number of rotatable bonds is 5. The molecule has 1 aliphatic heterocycles. The van der Waals surface area contributed by atoms with Gasteiger partial charge in [0.25, 0.3) is 5.56 Å². The van der Waals surface area contributed by atoms with E-state index in [4.69, 9.17) is 4.74 Å². The summed E-state index contributed by atoms with van der Waals surface area (Å²) < 4.78 is 5.29. The van der Waals surface area contributed by atoms with Crippen molar-refractivity contribution >= 4 is 11.7 Å². The minimum atomic E-state index is -0.205. The Bertz CT molecular complexity index is 790. The molecule has 1 saturated heterocycles. The second-order valence-electron chi connectivity index (χ2n) is 6.08. The molecule has 2 heterocycles. The van der Waals surface area contributed by atoms with Crippen molar-refractivity contribution in [2.24, 2.45) is 0 Å². The number of methoxy groups -OCH3 is 1. The highest BCUT2D eigenvalue weighted by atomic mass is 16.5. The van der Waals surface area contributed by atoms with E-state index in [2.05, 4.69) is 15.3 Å². The summed E-state index contributed by atoms with van der Waals surface area (Å²) in [4.78, 5) is 33.0. The third kappa shape index (κ3) is 4.17. The van der Waals surface area contributed by atoms with E-state index < -0.39 is 0 Å². The molecular weight excluding hydrogens is 320 g/mol. The molecule has 25 heavy (non-hydrogen) atoms. The topological polar surface area (TPSA) is 87.3 Å². The Balaban J connectivity index is 1.62. The maximum absolute atomic E-state index is 12.4. The van der Waals surface area contributed by atoms with Gasteiger partial charge in [-0.1, -0.05) is 18.2 Å². The van der Waals surface area contributed by atoms with Crippen LogP contribution < -0.4 is 20.5 Å². The maximum atomic E-state index is 12.4. The molecule has 132 valence electrons. The van der Waals surface area contributed by atoms with Crippen LogP contribution in [0.25, 0.3) is 0 Å². The minimum absolute atomic E-state index is 0.00244. The summed E-state index contributed by atoms with van der Waals surface area (Å²) in [6.07, 6.45) is 5.14. The number of hydrogen-bond donors (Lipinski definition) is 2. The summed E-state index contributed by atoms with van der Waals surface area (Å²) in [5, 5.41) is 3.06. The smallest absolute Gasteiger partial charge is 0.290 e. The molecule has 0 spiro atoms. The lowest BCUT2D eigenvalue weighted by Crippen LogP contribution is -2.49. The van der Waals surface area contributed by atoms with Gasteiger partial charge in [-0.3, -0.25) is 9.59 Å². The first-order chi connectivity index (χ1) is 12.2. The number of nitrogens with one attached hydrogen (secondary N) is 2. The van der Waals surface area contributed by atoms with Gasteiger partial charge in [-0.2, -0.15) is 0 Å². The Morgan fingerprint density at radius 3 is 3.08 bits per heavy atom. The van der Waals surface area contributed by atoms with Crippen LogP contribution in [0.3, 0.4) is 0 Å². The number of aromatic amines is 1. The zero-order valence-electron chi connectivity index (χ0n) is 14.2. The molecule has 0 saturated carbocycles. The van der Waals surface area contributed by atoms with E-state index >= 15 is 0 Å². The van der Waals surface area contributed by atoms with Gasteiger partial charge in [0.2, 0.25) is 5.91 Å². The molecule has 3 rings (SSSR count). The fourth-order valence-electron chi connectivity index (χ4n) is 3.16. The summed E-state index contributed by atoms with van der Waals surface area (Å²) in [7, 11) is 1.60. The van der Waals surface area contributed by atoms with Gasteiger partial charge < -0.3 is 19.9 Å². The average molecular weight is 342 g/mol. The quantitative estimate of drug-likeness (QED) is 0.850. The van der Waals surface area contributed by atoms with Crippen LogP contribution in [0.1, 0.15) is 18.4 Å². The fourth-order valence-corrected chi connectivity index (χ4v) is 3.16. The van der Waals surface area contributed by atoms with Crippen molar-refractivity contribution in [2.75, 3.05) is 25.1 Å². The number of hydrogen-bond acceptors (Lipinski definition) is 5. The zero-order chi connectivity index (χ0) is 17.6. The van der Waals surface area contributed by atoms with Crippen molar-refractivity contribution in [3.8, 4) is 5.75 Å². The number of H-pyrrole nitrogens is 1. The molecule has 1 aromatic carbocycles. The number of anilines is 1. The Morgan fingerprint density at radius 2 is 2.28 bits per heavy atom. The number of para-hydroxylation sites is 1. The van der Waals surface area contributed by atoms with Gasteiger partial charge in [0, 0.05) is 37.1 Å². The SMILES string of the molecule is COc1ccccc1CC(=O)NC1CCCN(c2ncc[nH]c2=O)C1. The number of piperidine rings is 1. The van der Waals surface area contributed by atoms with E-state index in [9.17, 15) is 9.59 Å². The summed E-state index contributed by atoms with van der Waals surface area (Å²) in [5.41, 5.74) is 0.653. The Hall–Kier alpha value is -2.83. The first-order valence-corrected chi connectivity index (χ1v) is 8.37. The molecule has 7 heteroatoms. The van der Waals surface area contributed by atoms with Gasteiger partial charge in [-0.25, -0.2) is 4.98 Å². The highest BCUT2D eigenvalue weighted by molar-refractivity contribution is 5.79. The summed E-state index contributed by atoms with van der Waals surface area (Å²) in [6, 6.07) is 7.50. The number of nitrogens with zero attached hydrogens (tertiary/aromatic N) is 2. The minimum Gasteiger partial charge on any atom is -0.496 e. The summed E-state index contributed by atoms with van der Waals surface area (Å²) in [6.45, 7) is 1.34. The van der Waals surface area contributed by atoms with Gasteiger partial charge in [-0.15, -0.1) is 0 Å². The van der Waals surface area contributed by atoms with E-state index in [1.165, 1.54) is 6.20 Å². The van der Waals surface area contributed by atoms with Crippen molar-refractivity contribution < 1.29 is 9.53 Å². The molecule has 2 aromatic rings. The lowest BCUT2D eigenvalue weighted by molar-refractivity contribution is -0.121. The van der Waals surface area contributed by atoms with Crippen LogP contribution in [0, 0.1) is 0 Å². The first kappa shape index (κ1) is 17.0. The second-order valence-corrected chi connectivity index (χ2v) is 6.08. The van der Waals surface area contributed by atoms with Gasteiger partial charge in [0.1, 0.15) is 5.75 Å². The Morgan fingerprint density at radius 1 is 1.44 bits per heavy atom. The second kappa shape index (κ2) is 7.83. The highest BCUT2D eigenvalue weighted by Gasteiger charge is 2.24. The molecule has 1 fully saturated rings. The molecule has 1 aliphatic rings. The van der Waals surface area contributed by atoms with Crippen LogP contribution in [0.4, 0.5) is 5.82 Å². The number of benzene rings is 1. The largest absolute Gasteiger partial charge is 0.496 e. The summed E-state index contributed by atoms with van der Waals surface area (Å²) >= 11 is 0. The van der Waals surface area contributed by atoms with Crippen LogP contribution in [0.2, 0.25) is 0 Å². The summed E-state index contributed by atoms with van der Waals surface area (Å²) in [5.74, 6) is 1.07. The molecule has 1 amide bonds. The lowest BCUT2D eigenvalue weighted by Gasteiger charge is -2.33. The van der Waals surface area contributed by atoms with Crippen molar-refractivity contribution in [1.82, 2.24) is 15.3 Å². The van der Waals surface area contributed by atoms with Gasteiger partial charge in [0.15, 0.2) is 5.82 Å². The predicted molar refractivity (Wildman–Crippen MR) is 94.9 cm³/mol. The molecule has 7 nitrogen and oxygen atoms in total. The third-order valence-corrected chi connectivity index (χ3v) is 4.32. The van der Waals surface area contributed by atoms with Crippen LogP contribution in [0.5, 0.6) is 5.75 Å². The molecular formula is C18H22N4O3. The van der Waals surface area contributed by atoms with Crippen LogP contribution >= 0.6 is 0 Å². The standard InChI is InChI=1S/C18H22N4O3/c1-25-15-7-3-2-5-13(15)11-16(23)21-14-6-4-10-22(12-14)17-18(24)20-9-8-19-17/h2-3,5,7-9,14H,4,6,10-12H2,1H3,(H,20,24)(H,21,23). The molecule has 0 radical (unpaired) electrons. The highest BCUT2D eigenvalue weighted by Crippen LogP contribution is 2.18. The molecule has 0 bridgehead atoms. The van der Waals surface area contributed by atoms with Gasteiger partial charge >= 0.3 is 0 Å². The Kier molecular flexibility index (Phi) is 5.33. The van der Waals surface area contributed by atoms with Crippen LogP contribution in [-0.2, 0) is 11.2 Å². The number of carbonyl (C=O) groups excluding carboxylic acids is 1. The fraction of sp³-hybridized carbons (Fsp3) is 0.389. The van der Waals surface area contributed by atoms with E-state index in [-0.39, 0.29) is 23.9 Å². The third-order valence-electron chi connectivity index (χ3n) is 4.32. The van der Waals surface area contributed by atoms with Crippen molar-refractivity contribution in [3.63, 3.8) is 0 Å². The molecule has 1 unspecified atom stereocenters. The lowest BCUT2D eigenvalue weighted by atomic mass is 10.0. The van der Waals surface area contributed by atoms with Crippen LogP contribution in [-0.4, -0.2) is 42.1 Å². The predicted octanol–water partition coefficient (Wildman–Crippen LogP) is 1.11. The first-order valence-electron chi connectivity index (χ1n) is 8.37. The number of carbonyl (C=O) groups is 1. The van der Waals surface area contributed by atoms with Gasteiger partial charge in [-0.05, 0) is 18.9 Å². The monoisotopic (exact) mass is 342 g/mol. The molecule has 2 N–H and O–H groups in total. The number of amides is 1. The van der Waals surface area contributed by atoms with E-state index in [0.717, 1.165) is 24.9 Å². The van der Waals surface area contributed by atoms with Crippen LogP contribution in [0.15, 0.2) is 41.5 Å². The van der Waals surface area contributed by atoms with E-state index in [1.54, 1.807) is 13.3 Å². The normalized spacial score (nSPS) is 17.2. The van der Waals surface area contributed by atoms with E-state index in [0.29, 0.717) is 18.1 Å². The molecule has 0 aliphatic carbocycles. The number of ether oxygens (including phenoxy) is 1. The van der Waals surface area contributed by atoms with Crippen molar-refractivity contribution in [1.29, 1.82) is 0 Å². The number of aromatic nitrogens is 2. The van der Waals surface area contributed by atoms with Crippen molar-refractivity contribution in [3.05, 3.63) is 52.6 Å². The zero-order valence-corrected chi connectivity index (χ0v) is 14.2. The average Bonchev–Trinajstić information content (AvgIpc) is 2.62. The van der Waals surface area contributed by atoms with Crippen molar-refractivity contribution in [2.45, 2.75) is 25.3 Å². The maximum Gasteiger partial charge on any atom is 0.290 e. The van der Waals surface area contributed by atoms with E-state index in [1.807, 2.05) is 29.2 Å². The van der Waals surface area contributed by atoms with Gasteiger partial charge in [0.05, 0.1) is 13.5 Å². The Labute approximate surface area is 146 Å².